The molecule has 0 radical (unpaired) electrons. The number of hydrogen-bond acceptors (Lipinski definition) is 4. The number of nitrogens with one attached hydrogen (secondary N) is 2. The highest BCUT2D eigenvalue weighted by molar-refractivity contribution is 5.57. The first-order valence-corrected chi connectivity index (χ1v) is 7.02. The molecule has 0 aliphatic carbocycles. The van der Waals surface area contributed by atoms with Gasteiger partial charge < -0.3 is 10.6 Å². The molecular weight excluding hydrogens is 248 g/mol. The number of hydrogen-bond donors (Lipinski definition) is 2. The van der Waals surface area contributed by atoms with Crippen LogP contribution in [0.15, 0.2) is 24.3 Å². The van der Waals surface area contributed by atoms with E-state index in [-0.39, 0.29) is 0 Å². The number of nitrogens with zero attached hydrogens (tertiary/aromatic N) is 2. The van der Waals surface area contributed by atoms with E-state index in [2.05, 4.69) is 53.5 Å². The largest absolute Gasteiger partial charge is 0.370 e. The van der Waals surface area contributed by atoms with E-state index in [1.807, 2.05) is 19.1 Å². The van der Waals surface area contributed by atoms with Gasteiger partial charge in [-0.15, -0.1) is 0 Å². The molecule has 2 N–H and O–H groups in total. The molecule has 0 spiro atoms. The molecule has 106 valence electrons. The van der Waals surface area contributed by atoms with Gasteiger partial charge in [0.15, 0.2) is 0 Å². The van der Waals surface area contributed by atoms with Gasteiger partial charge in [0.2, 0.25) is 5.95 Å². The van der Waals surface area contributed by atoms with E-state index in [9.17, 15) is 0 Å². The van der Waals surface area contributed by atoms with E-state index in [1.54, 1.807) is 0 Å². The predicted octanol–water partition coefficient (Wildman–Crippen LogP) is 3.97. The van der Waals surface area contributed by atoms with Crippen LogP contribution in [-0.4, -0.2) is 16.5 Å². The van der Waals surface area contributed by atoms with Crippen LogP contribution in [0.3, 0.4) is 0 Å². The van der Waals surface area contributed by atoms with Crippen molar-refractivity contribution in [3.05, 3.63) is 41.1 Å². The molecule has 4 nitrogen and oxygen atoms in total. The second-order valence-corrected chi connectivity index (χ2v) is 5.07. The van der Waals surface area contributed by atoms with E-state index in [1.165, 1.54) is 11.1 Å². The number of aryl methyl sites for hydroxylation is 3. The highest BCUT2D eigenvalue weighted by Crippen LogP contribution is 2.18. The van der Waals surface area contributed by atoms with Crippen molar-refractivity contribution in [1.29, 1.82) is 0 Å². The minimum absolute atomic E-state index is 0.631. The standard InChI is InChI=1S/C16H22N4/c1-5-8-17-15-10-13(4)18-16(20-15)19-14-7-6-11(2)12(3)9-14/h6-7,9-10H,5,8H2,1-4H3,(H2,17,18,19,20). The Balaban J connectivity index is 2.19. The third-order valence-electron chi connectivity index (χ3n) is 3.17. The van der Waals surface area contributed by atoms with Crippen molar-refractivity contribution in [2.45, 2.75) is 34.1 Å². The second-order valence-electron chi connectivity index (χ2n) is 5.07. The van der Waals surface area contributed by atoms with E-state index < -0.39 is 0 Å². The predicted molar refractivity (Wildman–Crippen MR) is 84.7 cm³/mol. The summed E-state index contributed by atoms with van der Waals surface area (Å²) < 4.78 is 0. The molecule has 0 aliphatic heterocycles. The third-order valence-corrected chi connectivity index (χ3v) is 3.17. The third kappa shape index (κ3) is 3.70. The summed E-state index contributed by atoms with van der Waals surface area (Å²) in [6, 6.07) is 8.22. The molecule has 1 heterocycles. The summed E-state index contributed by atoms with van der Waals surface area (Å²) in [5.74, 6) is 1.50. The van der Waals surface area contributed by atoms with Crippen molar-refractivity contribution in [1.82, 2.24) is 9.97 Å². The summed E-state index contributed by atoms with van der Waals surface area (Å²) >= 11 is 0. The highest BCUT2D eigenvalue weighted by Gasteiger charge is 2.03. The first-order chi connectivity index (χ1) is 9.58. The number of anilines is 3. The fourth-order valence-electron chi connectivity index (χ4n) is 1.92. The van der Waals surface area contributed by atoms with Gasteiger partial charge in [-0.1, -0.05) is 13.0 Å². The average molecular weight is 270 g/mol. The summed E-state index contributed by atoms with van der Waals surface area (Å²) in [5.41, 5.74) is 4.50. The minimum atomic E-state index is 0.631. The van der Waals surface area contributed by atoms with Crippen LogP contribution < -0.4 is 10.6 Å². The first-order valence-electron chi connectivity index (χ1n) is 7.02. The molecule has 2 aromatic rings. The van der Waals surface area contributed by atoms with Crippen molar-refractivity contribution >= 4 is 17.5 Å². The van der Waals surface area contributed by atoms with Crippen LogP contribution in [0.5, 0.6) is 0 Å². The Hall–Kier alpha value is -2.10. The SMILES string of the molecule is CCCNc1cc(C)nc(Nc2ccc(C)c(C)c2)n1. The fourth-order valence-corrected chi connectivity index (χ4v) is 1.92. The maximum atomic E-state index is 4.49. The van der Waals surface area contributed by atoms with Crippen LogP contribution in [0.1, 0.15) is 30.2 Å². The lowest BCUT2D eigenvalue weighted by atomic mass is 10.1. The van der Waals surface area contributed by atoms with Gasteiger partial charge in [0.1, 0.15) is 5.82 Å². The molecule has 0 unspecified atom stereocenters. The quantitative estimate of drug-likeness (QED) is 0.863. The van der Waals surface area contributed by atoms with Crippen LogP contribution >= 0.6 is 0 Å². The van der Waals surface area contributed by atoms with Gasteiger partial charge in [0.05, 0.1) is 0 Å². The molecule has 1 aromatic carbocycles. The molecule has 0 atom stereocenters. The minimum Gasteiger partial charge on any atom is -0.370 e. The van der Waals surface area contributed by atoms with E-state index >= 15 is 0 Å². The Labute approximate surface area is 120 Å². The monoisotopic (exact) mass is 270 g/mol. The van der Waals surface area contributed by atoms with Gasteiger partial charge in [-0.25, -0.2) is 4.98 Å². The molecule has 0 aliphatic rings. The lowest BCUT2D eigenvalue weighted by Gasteiger charge is -2.10. The first kappa shape index (κ1) is 14.3. The molecule has 1 aromatic heterocycles. The summed E-state index contributed by atoms with van der Waals surface area (Å²) in [6.07, 6.45) is 1.07. The van der Waals surface area contributed by atoms with Crippen molar-refractivity contribution in [2.75, 3.05) is 17.2 Å². The van der Waals surface area contributed by atoms with Crippen LogP contribution in [0, 0.1) is 20.8 Å². The molecule has 20 heavy (non-hydrogen) atoms. The number of aromatic nitrogens is 2. The zero-order valence-corrected chi connectivity index (χ0v) is 12.6. The zero-order valence-electron chi connectivity index (χ0n) is 12.6. The maximum absolute atomic E-state index is 4.49. The number of rotatable bonds is 5. The van der Waals surface area contributed by atoms with Crippen LogP contribution in [0.25, 0.3) is 0 Å². The Morgan fingerprint density at radius 1 is 1.00 bits per heavy atom. The molecule has 2 rings (SSSR count). The van der Waals surface area contributed by atoms with Crippen LogP contribution in [0.4, 0.5) is 17.5 Å². The van der Waals surface area contributed by atoms with Gasteiger partial charge in [-0.05, 0) is 50.5 Å². The second kappa shape index (κ2) is 6.37. The van der Waals surface area contributed by atoms with Gasteiger partial charge in [0.25, 0.3) is 0 Å². The van der Waals surface area contributed by atoms with Gasteiger partial charge >= 0.3 is 0 Å². The van der Waals surface area contributed by atoms with Crippen LogP contribution in [-0.2, 0) is 0 Å². The Bertz CT molecular complexity index is 593. The van der Waals surface area contributed by atoms with Crippen molar-refractivity contribution < 1.29 is 0 Å². The van der Waals surface area contributed by atoms with E-state index in [4.69, 9.17) is 0 Å². The van der Waals surface area contributed by atoms with Crippen molar-refractivity contribution in [3.8, 4) is 0 Å². The van der Waals surface area contributed by atoms with Crippen molar-refractivity contribution in [2.24, 2.45) is 0 Å². The highest BCUT2D eigenvalue weighted by atomic mass is 15.1. The summed E-state index contributed by atoms with van der Waals surface area (Å²) in [4.78, 5) is 8.91. The molecule has 4 heteroatoms. The lowest BCUT2D eigenvalue weighted by molar-refractivity contribution is 0.962. The molecule has 0 saturated heterocycles. The zero-order chi connectivity index (χ0) is 14.5. The average Bonchev–Trinajstić information content (AvgIpc) is 2.40. The molecule has 0 saturated carbocycles. The normalized spacial score (nSPS) is 10.4. The number of benzene rings is 1. The molecule has 0 bridgehead atoms. The van der Waals surface area contributed by atoms with Crippen molar-refractivity contribution in [3.63, 3.8) is 0 Å². The van der Waals surface area contributed by atoms with E-state index in [0.717, 1.165) is 30.2 Å². The summed E-state index contributed by atoms with van der Waals surface area (Å²) in [6.45, 7) is 9.24. The Morgan fingerprint density at radius 3 is 2.50 bits per heavy atom. The molecule has 0 fully saturated rings. The molecule has 0 amide bonds. The van der Waals surface area contributed by atoms with Gasteiger partial charge in [-0.3, -0.25) is 0 Å². The van der Waals surface area contributed by atoms with Gasteiger partial charge in [-0.2, -0.15) is 4.98 Å². The smallest absolute Gasteiger partial charge is 0.229 e. The topological polar surface area (TPSA) is 49.8 Å². The fraction of sp³-hybridized carbons (Fsp3) is 0.375. The Kier molecular flexibility index (Phi) is 4.56. The summed E-state index contributed by atoms with van der Waals surface area (Å²) in [7, 11) is 0. The van der Waals surface area contributed by atoms with Gasteiger partial charge in [0, 0.05) is 24.0 Å². The Morgan fingerprint density at radius 2 is 1.80 bits per heavy atom. The van der Waals surface area contributed by atoms with Crippen LogP contribution in [0.2, 0.25) is 0 Å². The van der Waals surface area contributed by atoms with E-state index in [0.29, 0.717) is 5.95 Å². The lowest BCUT2D eigenvalue weighted by Crippen LogP contribution is -2.06. The molecular formula is C16H22N4. The maximum Gasteiger partial charge on any atom is 0.229 e. The summed E-state index contributed by atoms with van der Waals surface area (Å²) in [5, 5.41) is 6.56.